The summed E-state index contributed by atoms with van der Waals surface area (Å²) in [5.74, 6) is 1.69. The fourth-order valence-electron chi connectivity index (χ4n) is 4.59. The topological polar surface area (TPSA) is 73.8 Å². The molecule has 2 N–H and O–H groups in total. The number of anilines is 2. The lowest BCUT2D eigenvalue weighted by atomic mass is 10.0. The van der Waals surface area contributed by atoms with Gasteiger partial charge in [0.05, 0.1) is 19.8 Å². The van der Waals surface area contributed by atoms with Crippen molar-refractivity contribution in [3.63, 3.8) is 0 Å². The minimum atomic E-state index is -0.312. The molecule has 0 bridgehead atoms. The van der Waals surface area contributed by atoms with Gasteiger partial charge in [0.1, 0.15) is 18.0 Å². The molecule has 1 aromatic heterocycles. The third-order valence-corrected chi connectivity index (χ3v) is 6.35. The first-order valence-corrected chi connectivity index (χ1v) is 11.2. The second-order valence-corrected chi connectivity index (χ2v) is 8.45. The van der Waals surface area contributed by atoms with E-state index in [1.165, 1.54) is 7.11 Å². The Bertz CT molecular complexity index is 860. The molecule has 3 heterocycles. The maximum atomic E-state index is 13.9. The zero-order valence-corrected chi connectivity index (χ0v) is 18.1. The molecule has 2 aromatic rings. The molecule has 2 aliphatic heterocycles. The van der Waals surface area contributed by atoms with Crippen molar-refractivity contribution in [2.45, 2.75) is 50.7 Å². The van der Waals surface area contributed by atoms with Crippen molar-refractivity contribution in [2.24, 2.45) is 0 Å². The minimum absolute atomic E-state index is 0.141. The molecule has 31 heavy (non-hydrogen) atoms. The Morgan fingerprint density at radius 1 is 1.13 bits per heavy atom. The van der Waals surface area contributed by atoms with Crippen molar-refractivity contribution < 1.29 is 14.2 Å². The van der Waals surface area contributed by atoms with Gasteiger partial charge >= 0.3 is 0 Å². The highest BCUT2D eigenvalue weighted by molar-refractivity contribution is 5.50. The van der Waals surface area contributed by atoms with Gasteiger partial charge in [-0.05, 0) is 49.8 Å². The molecule has 1 atom stereocenters. The number of aliphatic hydroxyl groups is 1. The molecule has 0 amide bonds. The number of rotatable bonds is 7. The van der Waals surface area contributed by atoms with Crippen LogP contribution in [-0.2, 0) is 6.54 Å². The Balaban J connectivity index is 1.30. The van der Waals surface area contributed by atoms with E-state index in [1.54, 1.807) is 18.5 Å². The lowest BCUT2D eigenvalue weighted by molar-refractivity contribution is 0.211. The van der Waals surface area contributed by atoms with Gasteiger partial charge in [0.2, 0.25) is 0 Å². The first-order valence-electron chi connectivity index (χ1n) is 11.2. The first-order chi connectivity index (χ1) is 15.2. The summed E-state index contributed by atoms with van der Waals surface area (Å²) >= 11 is 0. The van der Waals surface area contributed by atoms with Crippen LogP contribution in [0.3, 0.4) is 0 Å². The van der Waals surface area contributed by atoms with Gasteiger partial charge < -0.3 is 20.1 Å². The molecular weight excluding hydrogens is 397 g/mol. The standard InChI is InChI=1S/C23H32FN5O2/c1-31-21-6-5-17(12-20(21)24)14-28-10-7-18(8-11-28)27-22-13-23(26-16-25-22)29-9-3-2-4-19(29)15-30/h5-6,12-13,16,18-19,30H,2-4,7-11,14-15H2,1H3,(H,25,26,27). The predicted octanol–water partition coefficient (Wildman–Crippen LogP) is 3.05. The van der Waals surface area contributed by atoms with Crippen LogP contribution in [0.25, 0.3) is 0 Å². The van der Waals surface area contributed by atoms with Crippen molar-refractivity contribution in [1.82, 2.24) is 14.9 Å². The number of piperidine rings is 2. The molecular formula is C23H32FN5O2. The van der Waals surface area contributed by atoms with Crippen molar-refractivity contribution in [1.29, 1.82) is 0 Å². The Morgan fingerprint density at radius 2 is 1.97 bits per heavy atom. The molecule has 4 rings (SSSR count). The van der Waals surface area contributed by atoms with E-state index >= 15 is 0 Å². The number of ether oxygens (including phenoxy) is 1. The lowest BCUT2D eigenvalue weighted by Crippen LogP contribution is -2.42. The van der Waals surface area contributed by atoms with Gasteiger partial charge in [-0.25, -0.2) is 14.4 Å². The van der Waals surface area contributed by atoms with E-state index in [4.69, 9.17) is 4.74 Å². The zero-order chi connectivity index (χ0) is 21.6. The molecule has 1 unspecified atom stereocenters. The molecule has 2 saturated heterocycles. The number of nitrogens with one attached hydrogen (secondary N) is 1. The summed E-state index contributed by atoms with van der Waals surface area (Å²) in [6.45, 7) is 3.71. The second kappa shape index (κ2) is 10.2. The van der Waals surface area contributed by atoms with Crippen LogP contribution in [0.1, 0.15) is 37.7 Å². The molecule has 7 nitrogen and oxygen atoms in total. The SMILES string of the molecule is COc1ccc(CN2CCC(Nc3cc(N4CCCCC4CO)ncn3)CC2)cc1F. The van der Waals surface area contributed by atoms with Gasteiger partial charge in [0.25, 0.3) is 0 Å². The van der Waals surface area contributed by atoms with Crippen LogP contribution in [-0.4, -0.2) is 65.4 Å². The van der Waals surface area contributed by atoms with Gasteiger partial charge in [-0.3, -0.25) is 4.90 Å². The third-order valence-electron chi connectivity index (χ3n) is 6.35. The number of aromatic nitrogens is 2. The number of aliphatic hydroxyl groups excluding tert-OH is 1. The van der Waals surface area contributed by atoms with Gasteiger partial charge in [-0.15, -0.1) is 0 Å². The molecule has 0 radical (unpaired) electrons. The summed E-state index contributed by atoms with van der Waals surface area (Å²) in [5, 5.41) is 13.3. The maximum Gasteiger partial charge on any atom is 0.165 e. The summed E-state index contributed by atoms with van der Waals surface area (Å²) in [6, 6.07) is 7.67. The summed E-state index contributed by atoms with van der Waals surface area (Å²) in [4.78, 5) is 13.4. The quantitative estimate of drug-likeness (QED) is 0.701. The average Bonchev–Trinajstić information content (AvgIpc) is 2.81. The van der Waals surface area contributed by atoms with Crippen molar-refractivity contribution in [2.75, 3.05) is 43.6 Å². The van der Waals surface area contributed by atoms with E-state index in [2.05, 4.69) is 25.1 Å². The van der Waals surface area contributed by atoms with Crippen molar-refractivity contribution >= 4 is 11.6 Å². The average molecular weight is 430 g/mol. The van der Waals surface area contributed by atoms with E-state index in [-0.39, 0.29) is 24.2 Å². The Labute approximate surface area is 183 Å². The zero-order valence-electron chi connectivity index (χ0n) is 18.1. The third kappa shape index (κ3) is 5.43. The van der Waals surface area contributed by atoms with Crippen LogP contribution in [0.5, 0.6) is 5.75 Å². The minimum Gasteiger partial charge on any atom is -0.494 e. The van der Waals surface area contributed by atoms with E-state index < -0.39 is 0 Å². The highest BCUT2D eigenvalue weighted by atomic mass is 19.1. The smallest absolute Gasteiger partial charge is 0.165 e. The molecule has 2 fully saturated rings. The van der Waals surface area contributed by atoms with Crippen LogP contribution in [0.15, 0.2) is 30.6 Å². The largest absolute Gasteiger partial charge is 0.494 e. The van der Waals surface area contributed by atoms with E-state index in [0.717, 1.165) is 75.5 Å². The van der Waals surface area contributed by atoms with Crippen LogP contribution >= 0.6 is 0 Å². The summed E-state index contributed by atoms with van der Waals surface area (Å²) in [5.41, 5.74) is 0.963. The van der Waals surface area contributed by atoms with E-state index in [0.29, 0.717) is 6.04 Å². The lowest BCUT2D eigenvalue weighted by Gasteiger charge is -2.36. The fraction of sp³-hybridized carbons (Fsp3) is 0.565. The van der Waals surface area contributed by atoms with Gasteiger partial charge in [0, 0.05) is 38.3 Å². The van der Waals surface area contributed by atoms with E-state index in [9.17, 15) is 9.50 Å². The van der Waals surface area contributed by atoms with Crippen molar-refractivity contribution in [3.8, 4) is 5.75 Å². The van der Waals surface area contributed by atoms with Crippen LogP contribution in [0.2, 0.25) is 0 Å². The molecule has 0 saturated carbocycles. The molecule has 1 aromatic carbocycles. The highest BCUT2D eigenvalue weighted by Gasteiger charge is 2.24. The molecule has 168 valence electrons. The molecule has 0 spiro atoms. The summed E-state index contributed by atoms with van der Waals surface area (Å²) in [7, 11) is 1.48. The van der Waals surface area contributed by atoms with Gasteiger partial charge in [-0.1, -0.05) is 6.07 Å². The highest BCUT2D eigenvalue weighted by Crippen LogP contribution is 2.25. The Kier molecular flexibility index (Phi) is 7.19. The predicted molar refractivity (Wildman–Crippen MR) is 119 cm³/mol. The molecule has 0 aliphatic carbocycles. The van der Waals surface area contributed by atoms with Crippen LogP contribution in [0.4, 0.5) is 16.0 Å². The van der Waals surface area contributed by atoms with E-state index in [1.807, 2.05) is 12.1 Å². The van der Waals surface area contributed by atoms with Crippen molar-refractivity contribution in [3.05, 3.63) is 42.0 Å². The number of nitrogens with zero attached hydrogens (tertiary/aromatic N) is 4. The summed E-state index contributed by atoms with van der Waals surface area (Å²) in [6.07, 6.45) is 6.88. The first kappa shape index (κ1) is 21.8. The fourth-order valence-corrected chi connectivity index (χ4v) is 4.59. The monoisotopic (exact) mass is 429 g/mol. The van der Waals surface area contributed by atoms with Gasteiger partial charge in [0.15, 0.2) is 11.6 Å². The number of hydrogen-bond acceptors (Lipinski definition) is 7. The molecule has 8 heteroatoms. The second-order valence-electron chi connectivity index (χ2n) is 8.45. The molecule has 2 aliphatic rings. The van der Waals surface area contributed by atoms with Gasteiger partial charge in [-0.2, -0.15) is 0 Å². The Morgan fingerprint density at radius 3 is 2.71 bits per heavy atom. The number of methoxy groups -OCH3 is 1. The number of benzene rings is 1. The van der Waals surface area contributed by atoms with Crippen LogP contribution < -0.4 is 15.0 Å². The summed E-state index contributed by atoms with van der Waals surface area (Å²) < 4.78 is 18.9. The van der Waals surface area contributed by atoms with Crippen LogP contribution in [0, 0.1) is 5.82 Å². The Hall–Kier alpha value is -2.45. The number of halogens is 1. The normalized spacial score (nSPS) is 20.6. The number of likely N-dealkylation sites (tertiary alicyclic amines) is 1. The maximum absolute atomic E-state index is 13.9. The number of hydrogen-bond donors (Lipinski definition) is 2.